The van der Waals surface area contributed by atoms with Crippen LogP contribution < -0.4 is 5.56 Å². The number of hydrogen-bond donors (Lipinski definition) is 0. The van der Waals surface area contributed by atoms with Gasteiger partial charge in [-0.05, 0) is 24.6 Å². The lowest BCUT2D eigenvalue weighted by atomic mass is 10.2. The highest BCUT2D eigenvalue weighted by molar-refractivity contribution is 5.72. The van der Waals surface area contributed by atoms with Gasteiger partial charge in [-0.1, -0.05) is 48.5 Å². The highest BCUT2D eigenvalue weighted by Gasteiger charge is 2.14. The van der Waals surface area contributed by atoms with Gasteiger partial charge in [0.05, 0.1) is 6.54 Å². The zero-order chi connectivity index (χ0) is 16.5. The highest BCUT2D eigenvalue weighted by Crippen LogP contribution is 2.14. The average molecular weight is 316 g/mol. The minimum atomic E-state index is -0.0808. The fourth-order valence-electron chi connectivity index (χ4n) is 2.84. The van der Waals surface area contributed by atoms with E-state index >= 15 is 0 Å². The molecule has 5 heteroatoms. The second-order valence-electron chi connectivity index (χ2n) is 5.66. The lowest BCUT2D eigenvalue weighted by molar-refractivity contribution is 0.709. The molecule has 0 aliphatic heterocycles. The van der Waals surface area contributed by atoms with E-state index in [1.165, 1.54) is 0 Å². The lowest BCUT2D eigenvalue weighted by Crippen LogP contribution is -2.25. The molecular weight excluding hydrogens is 300 g/mol. The third kappa shape index (κ3) is 2.40. The molecule has 0 aliphatic rings. The van der Waals surface area contributed by atoms with Gasteiger partial charge in [-0.25, -0.2) is 9.97 Å². The lowest BCUT2D eigenvalue weighted by Gasteiger charge is -2.10. The first-order valence-electron chi connectivity index (χ1n) is 7.78. The molecule has 5 nitrogen and oxygen atoms in total. The van der Waals surface area contributed by atoms with Crippen LogP contribution in [0, 0.1) is 6.92 Å². The second-order valence-corrected chi connectivity index (χ2v) is 5.66. The first-order valence-corrected chi connectivity index (χ1v) is 7.78. The Balaban J connectivity index is 1.91. The molecule has 4 aromatic rings. The van der Waals surface area contributed by atoms with Crippen molar-refractivity contribution in [2.75, 3.05) is 0 Å². The second kappa shape index (κ2) is 5.77. The SMILES string of the molecule is Cc1nc2ncn(-c3ccccc3)c2c(=O)n1Cc1ccccc1. The van der Waals surface area contributed by atoms with Crippen LogP contribution in [0.3, 0.4) is 0 Å². The summed E-state index contributed by atoms with van der Waals surface area (Å²) in [5, 5.41) is 0. The van der Waals surface area contributed by atoms with Gasteiger partial charge in [0.2, 0.25) is 0 Å². The molecule has 0 amide bonds. The summed E-state index contributed by atoms with van der Waals surface area (Å²) < 4.78 is 3.49. The fraction of sp³-hybridized carbons (Fsp3) is 0.105. The van der Waals surface area contributed by atoms with Gasteiger partial charge in [0.1, 0.15) is 12.2 Å². The largest absolute Gasteiger partial charge is 0.293 e. The Labute approximate surface area is 138 Å². The molecule has 2 aromatic carbocycles. The van der Waals surface area contributed by atoms with Crippen molar-refractivity contribution in [2.24, 2.45) is 0 Å². The van der Waals surface area contributed by atoms with Crippen molar-refractivity contribution in [3.8, 4) is 5.69 Å². The normalized spacial score (nSPS) is 11.0. The topological polar surface area (TPSA) is 52.7 Å². The van der Waals surface area contributed by atoms with Gasteiger partial charge < -0.3 is 0 Å². The molecule has 0 saturated carbocycles. The van der Waals surface area contributed by atoms with Crippen LogP contribution in [-0.4, -0.2) is 19.1 Å². The Morgan fingerprint density at radius 1 is 0.958 bits per heavy atom. The number of nitrogens with zero attached hydrogens (tertiary/aromatic N) is 4. The molecule has 4 rings (SSSR count). The first-order chi connectivity index (χ1) is 11.7. The van der Waals surface area contributed by atoms with E-state index in [0.29, 0.717) is 23.5 Å². The van der Waals surface area contributed by atoms with E-state index < -0.39 is 0 Å². The monoisotopic (exact) mass is 316 g/mol. The summed E-state index contributed by atoms with van der Waals surface area (Å²) in [6.07, 6.45) is 1.65. The summed E-state index contributed by atoms with van der Waals surface area (Å²) in [6, 6.07) is 19.6. The van der Waals surface area contributed by atoms with Gasteiger partial charge in [-0.15, -0.1) is 0 Å². The number of imidazole rings is 1. The first kappa shape index (κ1) is 14.4. The van der Waals surface area contributed by atoms with Crippen molar-refractivity contribution in [1.29, 1.82) is 0 Å². The Morgan fingerprint density at radius 3 is 2.33 bits per heavy atom. The summed E-state index contributed by atoms with van der Waals surface area (Å²) in [4.78, 5) is 21.9. The van der Waals surface area contributed by atoms with Gasteiger partial charge in [0, 0.05) is 5.69 Å². The number of rotatable bonds is 3. The molecule has 0 radical (unpaired) electrons. The molecule has 0 unspecified atom stereocenters. The highest BCUT2D eigenvalue weighted by atomic mass is 16.1. The smallest absolute Gasteiger partial charge is 0.280 e. The van der Waals surface area contributed by atoms with E-state index in [2.05, 4.69) is 9.97 Å². The van der Waals surface area contributed by atoms with Gasteiger partial charge >= 0.3 is 0 Å². The molecule has 24 heavy (non-hydrogen) atoms. The minimum absolute atomic E-state index is 0.0808. The van der Waals surface area contributed by atoms with E-state index in [1.807, 2.05) is 67.6 Å². The zero-order valence-electron chi connectivity index (χ0n) is 13.3. The van der Waals surface area contributed by atoms with Crippen molar-refractivity contribution < 1.29 is 0 Å². The van der Waals surface area contributed by atoms with Crippen LogP contribution in [0.2, 0.25) is 0 Å². The van der Waals surface area contributed by atoms with Crippen LogP contribution in [0.4, 0.5) is 0 Å². The summed E-state index contributed by atoms with van der Waals surface area (Å²) in [7, 11) is 0. The number of benzene rings is 2. The molecule has 0 spiro atoms. The van der Waals surface area contributed by atoms with Crippen molar-refractivity contribution in [1.82, 2.24) is 19.1 Å². The van der Waals surface area contributed by atoms with Gasteiger partial charge in [0.25, 0.3) is 5.56 Å². The number of para-hydroxylation sites is 1. The van der Waals surface area contributed by atoms with Crippen molar-refractivity contribution in [3.05, 3.63) is 88.7 Å². The number of aromatic nitrogens is 4. The van der Waals surface area contributed by atoms with Crippen molar-refractivity contribution >= 4 is 11.2 Å². The summed E-state index contributed by atoms with van der Waals surface area (Å²) >= 11 is 0. The van der Waals surface area contributed by atoms with E-state index in [9.17, 15) is 4.79 Å². The summed E-state index contributed by atoms with van der Waals surface area (Å²) in [5.41, 5.74) is 2.86. The molecular formula is C19H16N4O. The predicted octanol–water partition coefficient (Wildman–Crippen LogP) is 2.94. The number of hydrogen-bond acceptors (Lipinski definition) is 3. The minimum Gasteiger partial charge on any atom is -0.293 e. The zero-order valence-corrected chi connectivity index (χ0v) is 13.3. The molecule has 0 fully saturated rings. The van der Waals surface area contributed by atoms with Crippen molar-refractivity contribution in [2.45, 2.75) is 13.5 Å². The maximum Gasteiger partial charge on any atom is 0.280 e. The van der Waals surface area contributed by atoms with E-state index in [-0.39, 0.29) is 5.56 Å². The van der Waals surface area contributed by atoms with Crippen LogP contribution in [0.15, 0.2) is 71.8 Å². The maximum absolute atomic E-state index is 13.1. The fourth-order valence-corrected chi connectivity index (χ4v) is 2.84. The Morgan fingerprint density at radius 2 is 1.62 bits per heavy atom. The summed E-state index contributed by atoms with van der Waals surface area (Å²) in [6.45, 7) is 2.33. The molecule has 0 saturated heterocycles. The standard InChI is InChI=1S/C19H16N4O/c1-14-21-18-17(23(13-20-18)16-10-6-3-7-11-16)19(24)22(14)12-15-8-4-2-5-9-15/h2-11,13H,12H2,1H3. The Kier molecular flexibility index (Phi) is 3.46. The van der Waals surface area contributed by atoms with Gasteiger partial charge in [-0.2, -0.15) is 0 Å². The van der Waals surface area contributed by atoms with Crippen LogP contribution in [0.5, 0.6) is 0 Å². The van der Waals surface area contributed by atoms with Crippen LogP contribution in [-0.2, 0) is 6.54 Å². The van der Waals surface area contributed by atoms with E-state index in [1.54, 1.807) is 15.5 Å². The van der Waals surface area contributed by atoms with Gasteiger partial charge in [-0.3, -0.25) is 13.9 Å². The third-order valence-corrected chi connectivity index (χ3v) is 4.07. The van der Waals surface area contributed by atoms with E-state index in [0.717, 1.165) is 11.3 Å². The Bertz CT molecular complexity index is 1050. The van der Waals surface area contributed by atoms with E-state index in [4.69, 9.17) is 0 Å². The molecule has 118 valence electrons. The van der Waals surface area contributed by atoms with Gasteiger partial charge in [0.15, 0.2) is 11.2 Å². The Hall–Kier alpha value is -3.21. The number of aryl methyl sites for hydroxylation is 1. The van der Waals surface area contributed by atoms with Crippen LogP contribution in [0.25, 0.3) is 16.9 Å². The molecule has 0 bridgehead atoms. The quantitative estimate of drug-likeness (QED) is 0.584. The maximum atomic E-state index is 13.1. The molecule has 2 heterocycles. The summed E-state index contributed by atoms with van der Waals surface area (Å²) in [5.74, 6) is 0.662. The predicted molar refractivity (Wildman–Crippen MR) is 93.4 cm³/mol. The number of fused-ring (bicyclic) bond motifs is 1. The van der Waals surface area contributed by atoms with Crippen molar-refractivity contribution in [3.63, 3.8) is 0 Å². The van der Waals surface area contributed by atoms with Crippen LogP contribution in [0.1, 0.15) is 11.4 Å². The average Bonchev–Trinajstić information content (AvgIpc) is 3.04. The third-order valence-electron chi connectivity index (χ3n) is 4.07. The van der Waals surface area contributed by atoms with Crippen LogP contribution >= 0.6 is 0 Å². The molecule has 0 aliphatic carbocycles. The molecule has 0 N–H and O–H groups in total. The molecule has 0 atom stereocenters. The molecule has 2 aromatic heterocycles.